The minimum atomic E-state index is 0.318. The predicted octanol–water partition coefficient (Wildman–Crippen LogP) is 8.58. The lowest BCUT2D eigenvalue weighted by Crippen LogP contribution is -2.37. The topological polar surface area (TPSA) is 23.8 Å². The van der Waals surface area contributed by atoms with E-state index in [-0.39, 0.29) is 0 Å². The van der Waals surface area contributed by atoms with Gasteiger partial charge in [-0.1, -0.05) is 90.9 Å². The molecule has 0 aromatic rings. The van der Waals surface area contributed by atoms with Crippen LogP contribution in [0.2, 0.25) is 0 Å². The molecule has 150 valence electrons. The molecule has 1 unspecified atom stereocenters. The van der Waals surface area contributed by atoms with Gasteiger partial charge in [-0.15, -0.1) is 0 Å². The molecule has 2 rings (SSSR count). The average Bonchev–Trinajstić information content (AvgIpc) is 2.69. The van der Waals surface area contributed by atoms with E-state index >= 15 is 0 Å². The van der Waals surface area contributed by atoms with Crippen molar-refractivity contribution in [3.8, 4) is 6.07 Å². The van der Waals surface area contributed by atoms with Crippen molar-refractivity contribution in [3.63, 3.8) is 0 Å². The fourth-order valence-corrected chi connectivity index (χ4v) is 6.17. The lowest BCUT2D eigenvalue weighted by Gasteiger charge is -2.46. The molecule has 1 nitrogen and oxygen atoms in total. The number of rotatable bonds is 11. The van der Waals surface area contributed by atoms with E-state index in [4.69, 9.17) is 0 Å². The fraction of sp³-hybridized carbons (Fsp3) is 0.960. The molecule has 0 spiro atoms. The van der Waals surface area contributed by atoms with Gasteiger partial charge in [0.25, 0.3) is 0 Å². The lowest BCUT2D eigenvalue weighted by atomic mass is 9.57. The third-order valence-corrected chi connectivity index (χ3v) is 7.88. The molecule has 2 aliphatic rings. The van der Waals surface area contributed by atoms with Crippen molar-refractivity contribution in [1.29, 1.82) is 5.26 Å². The summed E-state index contributed by atoms with van der Waals surface area (Å²) in [5.41, 5.74) is 0.861. The summed E-state index contributed by atoms with van der Waals surface area (Å²) in [6, 6.07) is 2.90. The zero-order valence-electron chi connectivity index (χ0n) is 18.0. The second-order valence-corrected chi connectivity index (χ2v) is 9.78. The largest absolute Gasteiger partial charge is 0.198 e. The van der Waals surface area contributed by atoms with Gasteiger partial charge in [0, 0.05) is 0 Å². The Balaban J connectivity index is 2.09. The molecule has 1 atom stereocenters. The van der Waals surface area contributed by atoms with E-state index < -0.39 is 0 Å². The first-order valence-electron chi connectivity index (χ1n) is 12.1. The molecule has 2 fully saturated rings. The van der Waals surface area contributed by atoms with Gasteiger partial charge in [0.15, 0.2) is 0 Å². The Bertz CT molecular complexity index is 406. The van der Waals surface area contributed by atoms with E-state index in [0.717, 1.165) is 0 Å². The summed E-state index contributed by atoms with van der Waals surface area (Å²) in [4.78, 5) is 0. The number of unbranched alkanes of at least 4 members (excludes halogenated alkanes) is 4. The van der Waals surface area contributed by atoms with Crippen molar-refractivity contribution in [2.24, 2.45) is 16.7 Å². The van der Waals surface area contributed by atoms with Crippen LogP contribution in [0.5, 0.6) is 0 Å². The first kappa shape index (κ1) is 21.8. The molecule has 0 N–H and O–H groups in total. The Kier molecular flexibility index (Phi) is 9.52. The molecule has 0 bridgehead atoms. The maximum absolute atomic E-state index is 10.2. The van der Waals surface area contributed by atoms with E-state index in [1.54, 1.807) is 0 Å². The van der Waals surface area contributed by atoms with Crippen molar-refractivity contribution in [3.05, 3.63) is 0 Å². The Morgan fingerprint density at radius 3 is 1.92 bits per heavy atom. The van der Waals surface area contributed by atoms with Gasteiger partial charge >= 0.3 is 0 Å². The normalized spacial score (nSPS) is 23.3. The number of hydrogen-bond acceptors (Lipinski definition) is 1. The highest BCUT2D eigenvalue weighted by atomic mass is 14.5. The molecular weight excluding hydrogens is 314 g/mol. The van der Waals surface area contributed by atoms with Gasteiger partial charge in [-0.25, -0.2) is 0 Å². The van der Waals surface area contributed by atoms with Crippen LogP contribution in [0.25, 0.3) is 0 Å². The zero-order valence-corrected chi connectivity index (χ0v) is 18.0. The summed E-state index contributed by atoms with van der Waals surface area (Å²) in [7, 11) is 0. The van der Waals surface area contributed by atoms with Gasteiger partial charge in [0.2, 0.25) is 0 Å². The molecule has 0 saturated heterocycles. The van der Waals surface area contributed by atoms with Crippen LogP contribution in [0.4, 0.5) is 0 Å². The summed E-state index contributed by atoms with van der Waals surface area (Å²) >= 11 is 0. The third kappa shape index (κ3) is 6.00. The predicted molar refractivity (Wildman–Crippen MR) is 113 cm³/mol. The second kappa shape index (κ2) is 11.4. The van der Waals surface area contributed by atoms with Crippen molar-refractivity contribution in [1.82, 2.24) is 0 Å². The summed E-state index contributed by atoms with van der Waals surface area (Å²) in [6.07, 6.45) is 25.9. The molecule has 0 aromatic carbocycles. The van der Waals surface area contributed by atoms with Crippen LogP contribution < -0.4 is 0 Å². The van der Waals surface area contributed by atoms with Gasteiger partial charge in [0.1, 0.15) is 0 Å². The molecule has 1 heteroatoms. The van der Waals surface area contributed by atoms with E-state index in [1.807, 2.05) is 0 Å². The summed E-state index contributed by atoms with van der Waals surface area (Å²) in [5.74, 6) is 0.318. The second-order valence-electron chi connectivity index (χ2n) is 9.78. The van der Waals surface area contributed by atoms with Crippen LogP contribution in [0.1, 0.15) is 136 Å². The third-order valence-electron chi connectivity index (χ3n) is 7.88. The maximum Gasteiger partial charge on any atom is 0.0661 e. The molecule has 0 aliphatic heterocycles. The Labute approximate surface area is 164 Å². The smallest absolute Gasteiger partial charge is 0.0661 e. The maximum atomic E-state index is 10.2. The van der Waals surface area contributed by atoms with Gasteiger partial charge in [-0.2, -0.15) is 5.26 Å². The summed E-state index contributed by atoms with van der Waals surface area (Å²) in [5, 5.41) is 10.2. The van der Waals surface area contributed by atoms with Gasteiger partial charge in [0.05, 0.1) is 12.0 Å². The average molecular weight is 360 g/mol. The van der Waals surface area contributed by atoms with E-state index in [0.29, 0.717) is 16.7 Å². The van der Waals surface area contributed by atoms with Gasteiger partial charge in [-0.05, 0) is 55.8 Å². The van der Waals surface area contributed by atoms with Crippen molar-refractivity contribution in [2.75, 3.05) is 0 Å². The van der Waals surface area contributed by atoms with Crippen LogP contribution in [0.3, 0.4) is 0 Å². The molecule has 26 heavy (non-hydrogen) atoms. The first-order valence-corrected chi connectivity index (χ1v) is 12.1. The molecular formula is C25H45N. The quantitative estimate of drug-likeness (QED) is 0.339. The number of hydrogen-bond donors (Lipinski definition) is 0. The molecule has 2 saturated carbocycles. The highest BCUT2D eigenvalue weighted by molar-refractivity contribution is 5.02. The van der Waals surface area contributed by atoms with Crippen LogP contribution in [-0.4, -0.2) is 0 Å². The zero-order chi connectivity index (χ0) is 18.7. The monoisotopic (exact) mass is 359 g/mol. The first-order chi connectivity index (χ1) is 12.7. The van der Waals surface area contributed by atoms with Crippen molar-refractivity contribution in [2.45, 2.75) is 136 Å². The van der Waals surface area contributed by atoms with E-state index in [1.165, 1.54) is 122 Å². The Morgan fingerprint density at radius 1 is 0.731 bits per heavy atom. The number of nitrogens with zero attached hydrogens (tertiary/aromatic N) is 1. The van der Waals surface area contributed by atoms with Crippen LogP contribution in [0, 0.1) is 28.1 Å². The summed E-state index contributed by atoms with van der Waals surface area (Å²) in [6.45, 7) is 4.62. The molecule has 0 aromatic heterocycles. The highest BCUT2D eigenvalue weighted by Gasteiger charge is 2.44. The SMILES string of the molecule is CCCCCCC1(CC(C#N)C2(CCCC)CCCCC2)CCCCC1. The molecule has 0 amide bonds. The molecule has 0 radical (unpaired) electrons. The van der Waals surface area contributed by atoms with Gasteiger partial charge < -0.3 is 0 Å². The van der Waals surface area contributed by atoms with Crippen molar-refractivity contribution >= 4 is 0 Å². The minimum absolute atomic E-state index is 0.318. The standard InChI is InChI=1S/C25H45N/c1-3-5-7-10-15-24(16-11-8-12-17-24)21-23(22-26)25(18-6-4-2)19-13-9-14-20-25/h23H,3-21H2,1-2H3. The minimum Gasteiger partial charge on any atom is -0.198 e. The summed E-state index contributed by atoms with van der Waals surface area (Å²) < 4.78 is 0. The van der Waals surface area contributed by atoms with Gasteiger partial charge in [-0.3, -0.25) is 0 Å². The van der Waals surface area contributed by atoms with Crippen molar-refractivity contribution < 1.29 is 0 Å². The van der Waals surface area contributed by atoms with Crippen LogP contribution in [0.15, 0.2) is 0 Å². The van der Waals surface area contributed by atoms with E-state index in [9.17, 15) is 5.26 Å². The fourth-order valence-electron chi connectivity index (χ4n) is 6.17. The van der Waals surface area contributed by atoms with Crippen LogP contribution in [-0.2, 0) is 0 Å². The molecule has 2 aliphatic carbocycles. The number of nitriles is 1. The van der Waals surface area contributed by atoms with E-state index in [2.05, 4.69) is 19.9 Å². The highest BCUT2D eigenvalue weighted by Crippen LogP contribution is 2.53. The Morgan fingerprint density at radius 2 is 1.35 bits per heavy atom. The Hall–Kier alpha value is -0.510. The molecule has 0 heterocycles. The van der Waals surface area contributed by atoms with Crippen LogP contribution >= 0.6 is 0 Å². The lowest BCUT2D eigenvalue weighted by molar-refractivity contribution is 0.0488.